The van der Waals surface area contributed by atoms with E-state index < -0.39 is 0 Å². The van der Waals surface area contributed by atoms with Crippen LogP contribution in [0.4, 0.5) is 0 Å². The molecule has 6 heteroatoms. The summed E-state index contributed by atoms with van der Waals surface area (Å²) in [6.07, 6.45) is 2.67. The Hall–Kier alpha value is -3.80. The standard InChI is InChI=1S/C28H28N2O4/c31-27(19-29-28(32)22-11-9-21(10-12-22)20-6-2-1-3-7-20)30-15-4-8-24(30)23-13-14-25-26(18-23)34-17-5-16-33-25/h1-3,6-7,9-14,18,24H,4-5,8,15-17,19H2,(H,29,32). The first-order chi connectivity index (χ1) is 16.7. The summed E-state index contributed by atoms with van der Waals surface area (Å²) in [7, 11) is 0. The molecule has 1 unspecified atom stereocenters. The average molecular weight is 457 g/mol. The number of hydrogen-bond donors (Lipinski definition) is 1. The van der Waals surface area contributed by atoms with Gasteiger partial charge in [-0.15, -0.1) is 0 Å². The van der Waals surface area contributed by atoms with Gasteiger partial charge in [0.1, 0.15) is 0 Å². The van der Waals surface area contributed by atoms with Gasteiger partial charge < -0.3 is 19.7 Å². The Labute approximate surface area is 199 Å². The largest absolute Gasteiger partial charge is 0.490 e. The van der Waals surface area contributed by atoms with Crippen molar-refractivity contribution in [2.45, 2.75) is 25.3 Å². The van der Waals surface area contributed by atoms with Crippen molar-refractivity contribution in [3.05, 3.63) is 83.9 Å². The third-order valence-electron chi connectivity index (χ3n) is 6.38. The molecule has 2 aliphatic rings. The van der Waals surface area contributed by atoms with E-state index in [4.69, 9.17) is 9.47 Å². The van der Waals surface area contributed by atoms with Gasteiger partial charge >= 0.3 is 0 Å². The maximum Gasteiger partial charge on any atom is 0.251 e. The van der Waals surface area contributed by atoms with Crippen molar-refractivity contribution in [3.63, 3.8) is 0 Å². The molecule has 3 aromatic rings. The summed E-state index contributed by atoms with van der Waals surface area (Å²) in [5.41, 5.74) is 3.72. The molecule has 6 nitrogen and oxygen atoms in total. The molecule has 0 radical (unpaired) electrons. The first-order valence-corrected chi connectivity index (χ1v) is 11.8. The second-order valence-electron chi connectivity index (χ2n) is 8.63. The zero-order valence-corrected chi connectivity index (χ0v) is 19.0. The number of carbonyl (C=O) groups excluding carboxylic acids is 2. The Morgan fingerprint density at radius 3 is 2.38 bits per heavy atom. The fraction of sp³-hybridized carbons (Fsp3) is 0.286. The first-order valence-electron chi connectivity index (χ1n) is 11.8. The van der Waals surface area contributed by atoms with Crippen molar-refractivity contribution in [1.29, 1.82) is 0 Å². The van der Waals surface area contributed by atoms with E-state index in [0.717, 1.165) is 47.5 Å². The predicted octanol–water partition coefficient (Wildman–Crippen LogP) is 4.61. The Morgan fingerprint density at radius 2 is 1.59 bits per heavy atom. The second kappa shape index (κ2) is 10.00. The molecule has 1 saturated heterocycles. The van der Waals surface area contributed by atoms with E-state index in [1.807, 2.05) is 65.6 Å². The highest BCUT2D eigenvalue weighted by atomic mass is 16.5. The van der Waals surface area contributed by atoms with Gasteiger partial charge in [0.2, 0.25) is 5.91 Å². The Bertz CT molecular complexity index is 1160. The molecular formula is C28H28N2O4. The van der Waals surface area contributed by atoms with Gasteiger partial charge in [-0.05, 0) is 53.8 Å². The van der Waals surface area contributed by atoms with Crippen LogP contribution in [0.1, 0.15) is 41.2 Å². The molecular weight excluding hydrogens is 428 g/mol. The van der Waals surface area contributed by atoms with Gasteiger partial charge in [-0.2, -0.15) is 0 Å². The van der Waals surface area contributed by atoms with Crippen LogP contribution in [0, 0.1) is 0 Å². The number of amides is 2. The van der Waals surface area contributed by atoms with Crippen LogP contribution in [0.2, 0.25) is 0 Å². The van der Waals surface area contributed by atoms with E-state index in [1.165, 1.54) is 0 Å². The van der Waals surface area contributed by atoms with Crippen LogP contribution in [0.25, 0.3) is 11.1 Å². The zero-order valence-electron chi connectivity index (χ0n) is 19.0. The number of ether oxygens (including phenoxy) is 2. The molecule has 5 rings (SSSR count). The van der Waals surface area contributed by atoms with Crippen LogP contribution in [0.15, 0.2) is 72.8 Å². The van der Waals surface area contributed by atoms with Gasteiger partial charge in [-0.25, -0.2) is 0 Å². The summed E-state index contributed by atoms with van der Waals surface area (Å²) in [6.45, 7) is 1.93. The van der Waals surface area contributed by atoms with E-state index in [1.54, 1.807) is 12.1 Å². The van der Waals surface area contributed by atoms with Crippen molar-refractivity contribution in [1.82, 2.24) is 10.2 Å². The number of fused-ring (bicyclic) bond motifs is 1. The lowest BCUT2D eigenvalue weighted by Crippen LogP contribution is -2.39. The van der Waals surface area contributed by atoms with Crippen LogP contribution < -0.4 is 14.8 Å². The monoisotopic (exact) mass is 456 g/mol. The number of benzene rings is 3. The Morgan fingerprint density at radius 1 is 0.853 bits per heavy atom. The molecule has 0 bridgehead atoms. The number of nitrogens with zero attached hydrogens (tertiary/aromatic N) is 1. The lowest BCUT2D eigenvalue weighted by atomic mass is 10.0. The highest BCUT2D eigenvalue weighted by Gasteiger charge is 2.30. The Balaban J connectivity index is 1.21. The predicted molar refractivity (Wildman–Crippen MR) is 130 cm³/mol. The van der Waals surface area contributed by atoms with Crippen LogP contribution in [0.5, 0.6) is 11.5 Å². The van der Waals surface area contributed by atoms with E-state index in [-0.39, 0.29) is 24.4 Å². The summed E-state index contributed by atoms with van der Waals surface area (Å²) >= 11 is 0. The van der Waals surface area contributed by atoms with Crippen LogP contribution >= 0.6 is 0 Å². The van der Waals surface area contributed by atoms with Crippen LogP contribution in [-0.2, 0) is 4.79 Å². The fourth-order valence-electron chi connectivity index (χ4n) is 4.60. The van der Waals surface area contributed by atoms with Gasteiger partial charge in [0, 0.05) is 18.5 Å². The average Bonchev–Trinajstić information content (AvgIpc) is 3.26. The van der Waals surface area contributed by atoms with Gasteiger partial charge in [-0.3, -0.25) is 9.59 Å². The zero-order chi connectivity index (χ0) is 23.3. The molecule has 2 aliphatic heterocycles. The lowest BCUT2D eigenvalue weighted by Gasteiger charge is -2.26. The van der Waals surface area contributed by atoms with Crippen molar-refractivity contribution in [2.24, 2.45) is 0 Å². The van der Waals surface area contributed by atoms with Gasteiger partial charge in [0.05, 0.1) is 25.8 Å². The molecule has 174 valence electrons. The molecule has 1 atom stereocenters. The molecule has 0 saturated carbocycles. The van der Waals surface area contributed by atoms with Crippen molar-refractivity contribution >= 4 is 11.8 Å². The highest BCUT2D eigenvalue weighted by Crippen LogP contribution is 2.37. The second-order valence-corrected chi connectivity index (χ2v) is 8.63. The van der Waals surface area contributed by atoms with Crippen molar-refractivity contribution in [3.8, 4) is 22.6 Å². The number of likely N-dealkylation sites (tertiary alicyclic amines) is 1. The normalized spacial score (nSPS) is 17.2. The summed E-state index contributed by atoms with van der Waals surface area (Å²) < 4.78 is 11.6. The molecule has 0 aliphatic carbocycles. The van der Waals surface area contributed by atoms with E-state index in [9.17, 15) is 9.59 Å². The molecule has 0 aromatic heterocycles. The van der Waals surface area contributed by atoms with E-state index >= 15 is 0 Å². The molecule has 34 heavy (non-hydrogen) atoms. The topological polar surface area (TPSA) is 67.9 Å². The molecule has 1 fully saturated rings. The minimum atomic E-state index is -0.251. The quantitative estimate of drug-likeness (QED) is 0.609. The molecule has 2 amide bonds. The van der Waals surface area contributed by atoms with E-state index in [2.05, 4.69) is 5.32 Å². The molecule has 2 heterocycles. The minimum Gasteiger partial charge on any atom is -0.490 e. The molecule has 3 aromatic carbocycles. The van der Waals surface area contributed by atoms with Crippen molar-refractivity contribution in [2.75, 3.05) is 26.3 Å². The van der Waals surface area contributed by atoms with Gasteiger partial charge in [-0.1, -0.05) is 48.5 Å². The van der Waals surface area contributed by atoms with Gasteiger partial charge in [0.25, 0.3) is 5.91 Å². The number of rotatable bonds is 5. The maximum absolute atomic E-state index is 13.0. The maximum atomic E-state index is 13.0. The summed E-state index contributed by atoms with van der Waals surface area (Å²) in [5.74, 6) is 1.16. The summed E-state index contributed by atoms with van der Waals surface area (Å²) in [5, 5.41) is 2.79. The fourth-order valence-corrected chi connectivity index (χ4v) is 4.60. The smallest absolute Gasteiger partial charge is 0.251 e. The number of nitrogens with one attached hydrogen (secondary N) is 1. The van der Waals surface area contributed by atoms with E-state index in [0.29, 0.717) is 25.3 Å². The lowest BCUT2D eigenvalue weighted by molar-refractivity contribution is -0.131. The van der Waals surface area contributed by atoms with Crippen LogP contribution in [0.3, 0.4) is 0 Å². The third kappa shape index (κ3) is 4.76. The minimum absolute atomic E-state index is 0.0216. The summed E-state index contributed by atoms with van der Waals surface area (Å²) in [6, 6.07) is 23.3. The van der Waals surface area contributed by atoms with Crippen molar-refractivity contribution < 1.29 is 19.1 Å². The molecule has 1 N–H and O–H groups in total. The third-order valence-corrected chi connectivity index (χ3v) is 6.38. The first kappa shape index (κ1) is 22.0. The number of carbonyl (C=O) groups is 2. The highest BCUT2D eigenvalue weighted by molar-refractivity contribution is 5.97. The van der Waals surface area contributed by atoms with Gasteiger partial charge in [0.15, 0.2) is 11.5 Å². The molecule has 0 spiro atoms. The number of hydrogen-bond acceptors (Lipinski definition) is 4. The Kier molecular flexibility index (Phi) is 6.47. The summed E-state index contributed by atoms with van der Waals surface area (Å²) in [4.78, 5) is 27.5. The van der Waals surface area contributed by atoms with Crippen LogP contribution in [-0.4, -0.2) is 43.0 Å². The SMILES string of the molecule is O=C(NCC(=O)N1CCCC1c1ccc2c(c1)OCCCO2)c1ccc(-c2ccccc2)cc1.